The summed E-state index contributed by atoms with van der Waals surface area (Å²) in [6, 6.07) is 14.1. The van der Waals surface area contributed by atoms with Gasteiger partial charge in [-0.15, -0.1) is 0 Å². The fraction of sp³-hybridized carbons (Fsp3) is 0.393. The van der Waals surface area contributed by atoms with E-state index in [1.807, 2.05) is 6.92 Å². The number of aliphatic hydroxyl groups excluding tert-OH is 1. The lowest BCUT2D eigenvalue weighted by atomic mass is 9.99. The van der Waals surface area contributed by atoms with Gasteiger partial charge in [0.1, 0.15) is 11.8 Å². The summed E-state index contributed by atoms with van der Waals surface area (Å²) in [7, 11) is -0.679. The number of sulfonamides is 1. The lowest BCUT2D eigenvalue weighted by Gasteiger charge is -2.38. The molecule has 0 fully saturated rings. The molecular weight excluding hydrogens is 534 g/mol. The fourth-order valence-corrected chi connectivity index (χ4v) is 5.90. The summed E-state index contributed by atoms with van der Waals surface area (Å²) in [5, 5.41) is 17.0. The molecule has 1 aliphatic rings. The highest BCUT2D eigenvalue weighted by molar-refractivity contribution is 7.89. The first-order valence-corrected chi connectivity index (χ1v) is 14.4. The number of aromatic nitrogens is 2. The molecule has 3 atom stereocenters. The molecule has 1 aromatic heterocycles. The molecule has 3 aromatic rings. The second-order valence-corrected chi connectivity index (χ2v) is 12.2. The average molecular weight is 570 g/mol. The number of fused-ring (bicyclic) bond motifs is 1. The van der Waals surface area contributed by atoms with Crippen LogP contribution in [0.5, 0.6) is 5.75 Å². The molecule has 2 N–H and O–H groups in total. The van der Waals surface area contributed by atoms with Crippen LogP contribution in [-0.2, 0) is 17.1 Å². The van der Waals surface area contributed by atoms with Crippen LogP contribution in [-0.4, -0.2) is 83.2 Å². The number of ether oxygens (including phenoxy) is 1. The van der Waals surface area contributed by atoms with Crippen molar-refractivity contribution in [1.82, 2.24) is 19.0 Å². The predicted molar refractivity (Wildman–Crippen MR) is 150 cm³/mol. The molecule has 2 aromatic carbocycles. The first-order chi connectivity index (χ1) is 18.9. The van der Waals surface area contributed by atoms with E-state index in [0.29, 0.717) is 11.4 Å². The van der Waals surface area contributed by atoms with Crippen LogP contribution in [0.15, 0.2) is 59.5 Å². The van der Waals surface area contributed by atoms with E-state index in [4.69, 9.17) is 4.74 Å². The third-order valence-corrected chi connectivity index (χ3v) is 8.90. The maximum Gasteiger partial charge on any atom is 0.274 e. The largest absolute Gasteiger partial charge is 0.486 e. The van der Waals surface area contributed by atoms with Crippen molar-refractivity contribution in [2.24, 2.45) is 13.0 Å². The molecule has 4 rings (SSSR count). The monoisotopic (exact) mass is 569 g/mol. The molecule has 2 amide bonds. The van der Waals surface area contributed by atoms with Crippen molar-refractivity contribution in [2.45, 2.75) is 37.8 Å². The van der Waals surface area contributed by atoms with E-state index in [1.54, 1.807) is 68.3 Å². The van der Waals surface area contributed by atoms with E-state index in [2.05, 4.69) is 10.4 Å². The van der Waals surface area contributed by atoms with E-state index in [1.165, 1.54) is 28.2 Å². The van der Waals surface area contributed by atoms with Crippen molar-refractivity contribution in [1.29, 1.82) is 0 Å². The molecular formula is C28H35N5O6S. The first-order valence-electron chi connectivity index (χ1n) is 13.0. The lowest BCUT2D eigenvalue weighted by Crippen LogP contribution is -2.50. The van der Waals surface area contributed by atoms with Crippen molar-refractivity contribution in [3.05, 3.63) is 71.5 Å². The van der Waals surface area contributed by atoms with Crippen LogP contribution in [0, 0.1) is 12.8 Å². The van der Waals surface area contributed by atoms with Crippen LogP contribution >= 0.6 is 0 Å². The Bertz CT molecular complexity index is 1490. The van der Waals surface area contributed by atoms with Gasteiger partial charge >= 0.3 is 0 Å². The van der Waals surface area contributed by atoms with Gasteiger partial charge in [0.25, 0.3) is 11.8 Å². The van der Waals surface area contributed by atoms with Crippen LogP contribution in [0.3, 0.4) is 0 Å². The number of benzene rings is 2. The Kier molecular flexibility index (Phi) is 8.62. The Morgan fingerprint density at radius 3 is 2.55 bits per heavy atom. The standard InChI is InChI=1S/C28H35N5O6S/c1-18-15-33(20(3)17-34)28(36)22-12-9-13-23(29-27(35)24-14-19(2)30-32(24)5)26(22)39-25(18)16-31(4)40(37,38)21-10-7-6-8-11-21/h6-14,18,20,25,34H,15-17H2,1-5H3,(H,29,35)/t18-,20+,25+/m0/s1. The second kappa shape index (κ2) is 11.8. The number of likely N-dealkylation sites (N-methyl/N-ethyl adjacent to an activating group) is 1. The van der Waals surface area contributed by atoms with Crippen molar-refractivity contribution in [2.75, 3.05) is 32.1 Å². The van der Waals surface area contributed by atoms with Gasteiger partial charge in [-0.2, -0.15) is 9.40 Å². The summed E-state index contributed by atoms with van der Waals surface area (Å²) in [6.07, 6.45) is -0.694. The third kappa shape index (κ3) is 5.88. The number of para-hydroxylation sites is 1. The van der Waals surface area contributed by atoms with Gasteiger partial charge < -0.3 is 20.1 Å². The molecule has 2 heterocycles. The molecule has 0 unspecified atom stereocenters. The molecule has 0 bridgehead atoms. The number of carbonyl (C=O) groups is 2. The Hall–Kier alpha value is -3.74. The molecule has 40 heavy (non-hydrogen) atoms. The lowest BCUT2D eigenvalue weighted by molar-refractivity contribution is 0.0388. The Morgan fingerprint density at radius 2 is 1.93 bits per heavy atom. The summed E-state index contributed by atoms with van der Waals surface area (Å²) < 4.78 is 35.7. The van der Waals surface area contributed by atoms with Gasteiger partial charge in [-0.25, -0.2) is 8.42 Å². The number of anilines is 1. The number of nitrogens with zero attached hydrogens (tertiary/aromatic N) is 4. The Labute approximate surface area is 234 Å². The highest BCUT2D eigenvalue weighted by atomic mass is 32.2. The molecule has 0 spiro atoms. The smallest absolute Gasteiger partial charge is 0.274 e. The van der Waals surface area contributed by atoms with Crippen LogP contribution in [0.4, 0.5) is 5.69 Å². The topological polar surface area (TPSA) is 134 Å². The summed E-state index contributed by atoms with van der Waals surface area (Å²) in [5.74, 6) is -0.997. The van der Waals surface area contributed by atoms with Crippen molar-refractivity contribution < 1.29 is 27.9 Å². The van der Waals surface area contributed by atoms with Gasteiger partial charge in [0.15, 0.2) is 5.75 Å². The van der Waals surface area contributed by atoms with Crippen LogP contribution in [0.1, 0.15) is 40.4 Å². The predicted octanol–water partition coefficient (Wildman–Crippen LogP) is 2.52. The summed E-state index contributed by atoms with van der Waals surface area (Å²) in [5.41, 5.74) is 1.46. The first kappa shape index (κ1) is 29.2. The molecule has 0 saturated heterocycles. The number of amides is 2. The van der Waals surface area contributed by atoms with E-state index in [9.17, 15) is 23.1 Å². The summed E-state index contributed by atoms with van der Waals surface area (Å²) in [6.45, 7) is 5.34. The van der Waals surface area contributed by atoms with E-state index >= 15 is 0 Å². The number of hydrogen-bond acceptors (Lipinski definition) is 7. The van der Waals surface area contributed by atoms with Gasteiger partial charge in [-0.1, -0.05) is 31.2 Å². The SMILES string of the molecule is Cc1cc(C(=O)Nc2cccc3c2O[C@H](CN(C)S(=O)(=O)c2ccccc2)[C@@H](C)CN([C@H](C)CO)C3=O)n(C)n1. The minimum Gasteiger partial charge on any atom is -0.486 e. The number of carbonyl (C=O) groups excluding carboxylic acids is 2. The van der Waals surface area contributed by atoms with Crippen LogP contribution in [0.25, 0.3) is 0 Å². The molecule has 0 aliphatic carbocycles. The maximum absolute atomic E-state index is 13.7. The summed E-state index contributed by atoms with van der Waals surface area (Å²) in [4.78, 5) is 28.5. The molecule has 0 saturated carbocycles. The van der Waals surface area contributed by atoms with Crippen LogP contribution in [0.2, 0.25) is 0 Å². The zero-order chi connectivity index (χ0) is 29.2. The fourth-order valence-electron chi connectivity index (χ4n) is 4.69. The minimum atomic E-state index is -3.82. The highest BCUT2D eigenvalue weighted by Gasteiger charge is 2.36. The maximum atomic E-state index is 13.7. The molecule has 1 aliphatic heterocycles. The molecule has 214 valence electrons. The Morgan fingerprint density at radius 1 is 1.23 bits per heavy atom. The number of hydrogen-bond donors (Lipinski definition) is 2. The van der Waals surface area contributed by atoms with Crippen molar-refractivity contribution in [3.8, 4) is 5.75 Å². The zero-order valence-corrected chi connectivity index (χ0v) is 24.1. The van der Waals surface area contributed by atoms with Crippen molar-refractivity contribution in [3.63, 3.8) is 0 Å². The second-order valence-electron chi connectivity index (χ2n) is 10.2. The van der Waals surface area contributed by atoms with E-state index in [-0.39, 0.29) is 53.4 Å². The molecule has 11 nitrogen and oxygen atoms in total. The van der Waals surface area contributed by atoms with Gasteiger partial charge in [-0.3, -0.25) is 14.3 Å². The van der Waals surface area contributed by atoms with Gasteiger partial charge in [0.05, 0.1) is 41.0 Å². The van der Waals surface area contributed by atoms with E-state index < -0.39 is 28.1 Å². The number of rotatable bonds is 8. The normalized spacial score (nSPS) is 18.5. The third-order valence-electron chi connectivity index (χ3n) is 7.06. The van der Waals surface area contributed by atoms with Gasteiger partial charge in [-0.05, 0) is 44.2 Å². The zero-order valence-electron chi connectivity index (χ0n) is 23.2. The quantitative estimate of drug-likeness (QED) is 0.426. The summed E-state index contributed by atoms with van der Waals surface area (Å²) >= 11 is 0. The molecule has 12 heteroatoms. The van der Waals surface area contributed by atoms with E-state index in [0.717, 1.165) is 0 Å². The minimum absolute atomic E-state index is 0.0173. The molecule has 0 radical (unpaired) electrons. The Balaban J connectivity index is 1.74. The van der Waals surface area contributed by atoms with Crippen molar-refractivity contribution >= 4 is 27.5 Å². The van der Waals surface area contributed by atoms with Gasteiger partial charge in [0.2, 0.25) is 10.0 Å². The number of nitrogens with one attached hydrogen (secondary N) is 1. The van der Waals surface area contributed by atoms with Crippen LogP contribution < -0.4 is 10.1 Å². The number of aryl methyl sites for hydroxylation is 2. The van der Waals surface area contributed by atoms with Gasteiger partial charge in [0, 0.05) is 26.6 Å². The number of aliphatic hydroxyl groups is 1. The highest BCUT2D eigenvalue weighted by Crippen LogP contribution is 2.35. The average Bonchev–Trinajstić information content (AvgIpc) is 3.28.